The van der Waals surface area contributed by atoms with Crippen LogP contribution in [0.25, 0.3) is 0 Å². The number of nitrogens with zero attached hydrogens (tertiary/aromatic N) is 1. The Bertz CT molecular complexity index is 356. The lowest BCUT2D eigenvalue weighted by Gasteiger charge is -2.11. The summed E-state index contributed by atoms with van der Waals surface area (Å²) in [7, 11) is 0. The summed E-state index contributed by atoms with van der Waals surface area (Å²) in [6, 6.07) is 0. The Kier molecular flexibility index (Phi) is 1.35. The van der Waals surface area contributed by atoms with Crippen LogP contribution in [0.4, 0.5) is 10.2 Å². The minimum atomic E-state index is -0.381. The van der Waals surface area contributed by atoms with Gasteiger partial charge >= 0.3 is 0 Å². The van der Waals surface area contributed by atoms with Gasteiger partial charge in [0.25, 0.3) is 0 Å². The van der Waals surface area contributed by atoms with E-state index >= 15 is 0 Å². The highest BCUT2D eigenvalue weighted by molar-refractivity contribution is 5.40. The Balaban J connectivity index is 2.44. The predicted octanol–water partition coefficient (Wildman–Crippen LogP) is 1.82. The molecule has 0 spiro atoms. The van der Waals surface area contributed by atoms with E-state index in [0.29, 0.717) is 5.69 Å². The summed E-state index contributed by atoms with van der Waals surface area (Å²) >= 11 is 0. The predicted molar refractivity (Wildman–Crippen MR) is 48.7 cm³/mol. The number of nitrogens with one attached hydrogen (secondary N) is 1. The van der Waals surface area contributed by atoms with Crippen LogP contribution in [0.3, 0.4) is 0 Å². The molecule has 0 radical (unpaired) electrons. The molecular formula is C9H14FN3. The van der Waals surface area contributed by atoms with Gasteiger partial charge in [0.2, 0.25) is 0 Å². The van der Waals surface area contributed by atoms with E-state index in [1.165, 1.54) is 0 Å². The molecule has 0 aromatic carbocycles. The Morgan fingerprint density at radius 3 is 2.31 bits per heavy atom. The van der Waals surface area contributed by atoms with Crippen LogP contribution in [0, 0.1) is 11.2 Å². The molecule has 3 N–H and O–H groups in total. The van der Waals surface area contributed by atoms with E-state index in [2.05, 4.69) is 24.0 Å². The quantitative estimate of drug-likeness (QED) is 0.697. The fourth-order valence-electron chi connectivity index (χ4n) is 1.97. The number of halogens is 1. The van der Waals surface area contributed by atoms with Gasteiger partial charge in [-0.25, -0.2) is 4.39 Å². The van der Waals surface area contributed by atoms with E-state index in [9.17, 15) is 4.39 Å². The number of hydrogen-bond acceptors (Lipinski definition) is 2. The normalized spacial score (nSPS) is 30.5. The van der Waals surface area contributed by atoms with Crippen LogP contribution in [-0.4, -0.2) is 10.2 Å². The highest BCUT2D eigenvalue weighted by Gasteiger charge is 2.60. The maximum Gasteiger partial charge on any atom is 0.188 e. The van der Waals surface area contributed by atoms with Crippen molar-refractivity contribution in [1.82, 2.24) is 10.2 Å². The monoisotopic (exact) mass is 183 g/mol. The fraction of sp³-hybridized carbons (Fsp3) is 0.667. The van der Waals surface area contributed by atoms with Crippen LogP contribution in [0.1, 0.15) is 32.9 Å². The minimum Gasteiger partial charge on any atom is -0.380 e. The number of H-pyrrole nitrogens is 1. The summed E-state index contributed by atoms with van der Waals surface area (Å²) in [6.07, 6.45) is 0.971. The van der Waals surface area contributed by atoms with Crippen LogP contribution < -0.4 is 5.73 Å². The standard InChI is InChI=1S/C9H14FN3/c1-8(2)4-9(8,3)6-5(10)7(11)13-12-6/h4H2,1-3H3,(H3,11,12,13). The average Bonchev–Trinajstić information content (AvgIpc) is 2.35. The Morgan fingerprint density at radius 1 is 1.46 bits per heavy atom. The van der Waals surface area contributed by atoms with E-state index in [4.69, 9.17) is 5.73 Å². The van der Waals surface area contributed by atoms with Crippen molar-refractivity contribution in [3.8, 4) is 0 Å². The highest BCUT2D eigenvalue weighted by Crippen LogP contribution is 2.64. The van der Waals surface area contributed by atoms with Crippen LogP contribution in [0.15, 0.2) is 0 Å². The largest absolute Gasteiger partial charge is 0.380 e. The molecule has 1 atom stereocenters. The van der Waals surface area contributed by atoms with Crippen LogP contribution in [0.2, 0.25) is 0 Å². The minimum absolute atomic E-state index is 0.0288. The number of aromatic nitrogens is 2. The first-order chi connectivity index (χ1) is 5.88. The number of nitrogens with two attached hydrogens (primary N) is 1. The van der Waals surface area contributed by atoms with Crippen LogP contribution >= 0.6 is 0 Å². The van der Waals surface area contributed by atoms with Gasteiger partial charge in [-0.3, -0.25) is 5.10 Å². The maximum atomic E-state index is 13.4. The molecule has 1 aromatic rings. The lowest BCUT2D eigenvalue weighted by atomic mass is 9.94. The molecule has 1 unspecified atom stereocenters. The second-order valence-electron chi connectivity index (χ2n) is 4.69. The number of hydrogen-bond donors (Lipinski definition) is 2. The second kappa shape index (κ2) is 2.05. The Hall–Kier alpha value is -1.06. The summed E-state index contributed by atoms with van der Waals surface area (Å²) < 4.78 is 13.4. The lowest BCUT2D eigenvalue weighted by Crippen LogP contribution is -2.11. The summed E-state index contributed by atoms with van der Waals surface area (Å²) in [5.74, 6) is -0.410. The van der Waals surface area contributed by atoms with Crippen molar-refractivity contribution in [2.45, 2.75) is 32.6 Å². The van der Waals surface area contributed by atoms with Gasteiger partial charge in [0.1, 0.15) is 0 Å². The number of rotatable bonds is 1. The highest BCUT2D eigenvalue weighted by atomic mass is 19.1. The van der Waals surface area contributed by atoms with Gasteiger partial charge in [-0.15, -0.1) is 0 Å². The molecule has 3 nitrogen and oxygen atoms in total. The van der Waals surface area contributed by atoms with Gasteiger partial charge < -0.3 is 5.73 Å². The van der Waals surface area contributed by atoms with E-state index < -0.39 is 0 Å². The molecule has 1 aromatic heterocycles. The first kappa shape index (κ1) is 8.53. The molecule has 1 heterocycles. The van der Waals surface area contributed by atoms with E-state index in [1.54, 1.807) is 0 Å². The fourth-order valence-corrected chi connectivity index (χ4v) is 1.97. The second-order valence-corrected chi connectivity index (χ2v) is 4.69. The van der Waals surface area contributed by atoms with E-state index in [-0.39, 0.29) is 22.5 Å². The Labute approximate surface area is 76.5 Å². The SMILES string of the molecule is CC1(C)CC1(C)c1[nH]nc(N)c1F. The zero-order valence-corrected chi connectivity index (χ0v) is 8.11. The van der Waals surface area contributed by atoms with Gasteiger partial charge in [-0.2, -0.15) is 5.10 Å². The van der Waals surface area contributed by atoms with Crippen molar-refractivity contribution < 1.29 is 4.39 Å². The van der Waals surface area contributed by atoms with Crippen molar-refractivity contribution in [2.75, 3.05) is 5.73 Å². The van der Waals surface area contributed by atoms with Crippen molar-refractivity contribution in [3.05, 3.63) is 11.5 Å². The van der Waals surface area contributed by atoms with E-state index in [0.717, 1.165) is 6.42 Å². The maximum absolute atomic E-state index is 13.4. The molecule has 0 amide bonds. The number of anilines is 1. The lowest BCUT2D eigenvalue weighted by molar-refractivity contribution is 0.491. The van der Waals surface area contributed by atoms with Crippen LogP contribution in [-0.2, 0) is 5.41 Å². The molecule has 2 rings (SSSR count). The van der Waals surface area contributed by atoms with E-state index in [1.807, 2.05) is 6.92 Å². The van der Waals surface area contributed by atoms with Crippen molar-refractivity contribution >= 4 is 5.82 Å². The third-order valence-electron chi connectivity index (χ3n) is 3.45. The summed E-state index contributed by atoms with van der Waals surface area (Å²) in [5.41, 5.74) is 5.91. The third-order valence-corrected chi connectivity index (χ3v) is 3.45. The van der Waals surface area contributed by atoms with Gasteiger partial charge in [-0.05, 0) is 11.8 Å². The average molecular weight is 183 g/mol. The molecular weight excluding hydrogens is 169 g/mol. The summed E-state index contributed by atoms with van der Waals surface area (Å²) in [5, 5.41) is 6.35. The van der Waals surface area contributed by atoms with Crippen LogP contribution in [0.5, 0.6) is 0 Å². The first-order valence-corrected chi connectivity index (χ1v) is 4.38. The molecule has 72 valence electrons. The molecule has 0 saturated heterocycles. The molecule has 4 heteroatoms. The molecule has 1 fully saturated rings. The topological polar surface area (TPSA) is 54.7 Å². The zero-order chi connectivity index (χ0) is 9.85. The molecule has 1 saturated carbocycles. The van der Waals surface area contributed by atoms with Gasteiger partial charge in [0.05, 0.1) is 5.69 Å². The first-order valence-electron chi connectivity index (χ1n) is 4.38. The number of aromatic amines is 1. The van der Waals surface area contributed by atoms with Crippen molar-refractivity contribution in [2.24, 2.45) is 5.41 Å². The molecule has 1 aliphatic rings. The van der Waals surface area contributed by atoms with Gasteiger partial charge in [0.15, 0.2) is 11.6 Å². The molecule has 0 aliphatic heterocycles. The van der Waals surface area contributed by atoms with Gasteiger partial charge in [-0.1, -0.05) is 20.8 Å². The smallest absolute Gasteiger partial charge is 0.188 e. The molecule has 0 bridgehead atoms. The van der Waals surface area contributed by atoms with Crippen molar-refractivity contribution in [1.29, 1.82) is 0 Å². The van der Waals surface area contributed by atoms with Gasteiger partial charge in [0, 0.05) is 5.41 Å². The number of nitrogen functional groups attached to an aromatic ring is 1. The Morgan fingerprint density at radius 2 is 2.00 bits per heavy atom. The summed E-state index contributed by atoms with van der Waals surface area (Å²) in [4.78, 5) is 0. The third kappa shape index (κ3) is 0.913. The zero-order valence-electron chi connectivity index (χ0n) is 8.11. The molecule has 13 heavy (non-hydrogen) atoms. The molecule has 1 aliphatic carbocycles. The summed E-state index contributed by atoms with van der Waals surface area (Å²) in [6.45, 7) is 6.26. The van der Waals surface area contributed by atoms with Crippen molar-refractivity contribution in [3.63, 3.8) is 0 Å².